The first-order valence-electron chi connectivity index (χ1n) is 8.99. The van der Waals surface area contributed by atoms with Crippen molar-refractivity contribution >= 4 is 16.7 Å². The number of allylic oxidation sites excluding steroid dienone is 1. The van der Waals surface area contributed by atoms with Crippen LogP contribution in [-0.2, 0) is 11.2 Å². The minimum atomic E-state index is 0.174. The van der Waals surface area contributed by atoms with Crippen molar-refractivity contribution in [2.75, 3.05) is 19.9 Å². The summed E-state index contributed by atoms with van der Waals surface area (Å²) in [6.07, 6.45) is 3.54. The van der Waals surface area contributed by atoms with Gasteiger partial charge in [-0.25, -0.2) is 0 Å². The third kappa shape index (κ3) is 2.19. The Hall–Kier alpha value is -2.11. The number of nitrogens with one attached hydrogen (secondary N) is 1. The minimum Gasteiger partial charge on any atom is -0.508 e. The topological polar surface area (TPSA) is 65.6 Å². The van der Waals surface area contributed by atoms with E-state index in [9.17, 15) is 9.90 Å². The molecule has 25 heavy (non-hydrogen) atoms. The predicted molar refractivity (Wildman–Crippen MR) is 94.7 cm³/mol. The number of carbonyl (C=O) groups excluding carboxylic acids is 1. The fourth-order valence-corrected chi connectivity index (χ4v) is 5.02. The van der Waals surface area contributed by atoms with Gasteiger partial charge in [0.25, 0.3) is 0 Å². The molecule has 5 nitrogen and oxygen atoms in total. The van der Waals surface area contributed by atoms with Crippen LogP contribution in [0, 0.1) is 11.8 Å². The predicted octanol–water partition coefficient (Wildman–Crippen LogP) is 2.85. The van der Waals surface area contributed by atoms with Gasteiger partial charge in [0.05, 0.1) is 19.0 Å². The zero-order chi connectivity index (χ0) is 17.1. The molecule has 1 aliphatic carbocycles. The van der Waals surface area contributed by atoms with Gasteiger partial charge < -0.3 is 14.8 Å². The van der Waals surface area contributed by atoms with Gasteiger partial charge in [-0.1, -0.05) is 11.6 Å². The molecule has 2 aliphatic heterocycles. The van der Waals surface area contributed by atoms with Gasteiger partial charge >= 0.3 is 0 Å². The molecule has 5 rings (SSSR count). The summed E-state index contributed by atoms with van der Waals surface area (Å²) < 4.78 is 5.81. The molecule has 3 heterocycles. The Labute approximate surface area is 146 Å². The van der Waals surface area contributed by atoms with Gasteiger partial charge in [-0.15, -0.1) is 0 Å². The first kappa shape index (κ1) is 15.2. The maximum atomic E-state index is 13.1. The third-order valence-corrected chi connectivity index (χ3v) is 6.27. The molecule has 4 atom stereocenters. The van der Waals surface area contributed by atoms with Crippen LogP contribution in [0.25, 0.3) is 10.9 Å². The Bertz CT molecular complexity index is 898. The second-order valence-corrected chi connectivity index (χ2v) is 7.49. The molecule has 1 aromatic heterocycles. The number of H-pyrrole nitrogens is 1. The van der Waals surface area contributed by atoms with Gasteiger partial charge in [-0.2, -0.15) is 0 Å². The molecule has 2 saturated heterocycles. The average Bonchev–Trinajstić information content (AvgIpc) is 2.94. The monoisotopic (exact) mass is 338 g/mol. The van der Waals surface area contributed by atoms with Gasteiger partial charge in [0.2, 0.25) is 0 Å². The van der Waals surface area contributed by atoms with Crippen molar-refractivity contribution in [2.24, 2.45) is 11.8 Å². The number of ketones is 1. The van der Waals surface area contributed by atoms with E-state index in [1.807, 2.05) is 6.07 Å². The maximum absolute atomic E-state index is 13.1. The maximum Gasteiger partial charge on any atom is 0.179 e. The zero-order valence-corrected chi connectivity index (χ0v) is 14.3. The van der Waals surface area contributed by atoms with E-state index in [0.29, 0.717) is 25.1 Å². The van der Waals surface area contributed by atoms with Gasteiger partial charge in [-0.05, 0) is 43.0 Å². The van der Waals surface area contributed by atoms with E-state index in [-0.39, 0.29) is 17.5 Å². The number of rotatable bonds is 0. The number of phenols is 1. The second-order valence-electron chi connectivity index (χ2n) is 7.49. The first-order valence-corrected chi connectivity index (χ1v) is 8.99. The van der Waals surface area contributed by atoms with Crippen molar-refractivity contribution in [2.45, 2.75) is 25.8 Å². The van der Waals surface area contributed by atoms with Gasteiger partial charge in [0, 0.05) is 35.8 Å². The molecule has 1 aromatic carbocycles. The number of hydrogen-bond acceptors (Lipinski definition) is 4. The van der Waals surface area contributed by atoms with Crippen LogP contribution in [0.15, 0.2) is 29.8 Å². The van der Waals surface area contributed by atoms with Crippen LogP contribution < -0.4 is 0 Å². The fourth-order valence-electron chi connectivity index (χ4n) is 5.02. The smallest absolute Gasteiger partial charge is 0.179 e. The summed E-state index contributed by atoms with van der Waals surface area (Å²) in [5.41, 5.74) is 4.08. The standard InChI is InChI=1S/C20H22N2O3/c1-2-11-8-22-10-25-9-16-13(11)7-19(24)20-15(6-18(16)22)14-5-12(23)3-4-17(14)21-20/h2-5,13,16,18,21,23H,6-10H2,1H3. The molecule has 3 aliphatic rings. The summed E-state index contributed by atoms with van der Waals surface area (Å²) in [6.45, 7) is 4.34. The number of fused-ring (bicyclic) bond motifs is 3. The van der Waals surface area contributed by atoms with Gasteiger partial charge in [-0.3, -0.25) is 9.69 Å². The minimum absolute atomic E-state index is 0.174. The molecule has 0 spiro atoms. The highest BCUT2D eigenvalue weighted by Crippen LogP contribution is 2.43. The number of ether oxygens (including phenoxy) is 1. The summed E-state index contributed by atoms with van der Waals surface area (Å²) in [5, 5.41) is 10.9. The van der Waals surface area contributed by atoms with Crippen LogP contribution in [0.2, 0.25) is 0 Å². The van der Waals surface area contributed by atoms with Crippen molar-refractivity contribution in [3.8, 4) is 5.75 Å². The Morgan fingerprint density at radius 3 is 3.08 bits per heavy atom. The molecule has 4 bridgehead atoms. The molecule has 5 heteroatoms. The molecule has 2 fully saturated rings. The Morgan fingerprint density at radius 1 is 1.36 bits per heavy atom. The number of Topliss-reactive ketones (excluding diaryl/α,β-unsaturated/α-hetero) is 1. The molecular formula is C20H22N2O3. The van der Waals surface area contributed by atoms with Crippen LogP contribution in [0.5, 0.6) is 5.75 Å². The summed E-state index contributed by atoms with van der Waals surface area (Å²) in [6, 6.07) is 5.68. The number of carbonyl (C=O) groups is 1. The molecule has 0 radical (unpaired) electrons. The Kier molecular flexibility index (Phi) is 3.30. The lowest BCUT2D eigenvalue weighted by molar-refractivity contribution is -0.109. The number of aromatic hydroxyl groups is 1. The second kappa shape index (κ2) is 5.44. The number of aromatic amines is 1. The van der Waals surface area contributed by atoms with E-state index in [1.54, 1.807) is 12.1 Å². The average molecular weight is 338 g/mol. The molecule has 4 unspecified atom stereocenters. The molecule has 0 saturated carbocycles. The zero-order valence-electron chi connectivity index (χ0n) is 14.3. The summed E-state index contributed by atoms with van der Waals surface area (Å²) in [7, 11) is 0. The highest BCUT2D eigenvalue weighted by atomic mass is 16.5. The van der Waals surface area contributed by atoms with Crippen LogP contribution in [0.4, 0.5) is 0 Å². The number of aromatic nitrogens is 1. The number of hydrogen-bond donors (Lipinski definition) is 2. The highest BCUT2D eigenvalue weighted by Gasteiger charge is 2.46. The van der Waals surface area contributed by atoms with E-state index >= 15 is 0 Å². The molecule has 2 N–H and O–H groups in total. The van der Waals surface area contributed by atoms with Crippen LogP contribution >= 0.6 is 0 Å². The molecule has 2 aromatic rings. The molecular weight excluding hydrogens is 316 g/mol. The summed E-state index contributed by atoms with van der Waals surface area (Å²) in [5.74, 6) is 1.04. The van der Waals surface area contributed by atoms with Gasteiger partial charge in [0.15, 0.2) is 5.78 Å². The fraction of sp³-hybridized carbons (Fsp3) is 0.450. The van der Waals surface area contributed by atoms with E-state index < -0.39 is 0 Å². The van der Waals surface area contributed by atoms with Crippen LogP contribution in [-0.4, -0.2) is 46.7 Å². The Balaban J connectivity index is 1.69. The normalized spacial score (nSPS) is 33.2. The SMILES string of the molecule is CC=C1CN2COCC3C1CC(=O)c1[nH]c4ccc(O)cc4c1CC32. The third-order valence-electron chi connectivity index (χ3n) is 6.27. The lowest BCUT2D eigenvalue weighted by Gasteiger charge is -2.51. The van der Waals surface area contributed by atoms with Crippen LogP contribution in [0.1, 0.15) is 29.4 Å². The van der Waals surface area contributed by atoms with E-state index in [1.165, 1.54) is 5.57 Å². The lowest BCUT2D eigenvalue weighted by atomic mass is 9.70. The van der Waals surface area contributed by atoms with E-state index in [4.69, 9.17) is 4.74 Å². The van der Waals surface area contributed by atoms with Crippen molar-refractivity contribution in [1.29, 1.82) is 0 Å². The van der Waals surface area contributed by atoms with E-state index in [0.717, 1.165) is 41.7 Å². The quantitative estimate of drug-likeness (QED) is 0.725. The van der Waals surface area contributed by atoms with Crippen molar-refractivity contribution in [1.82, 2.24) is 9.88 Å². The van der Waals surface area contributed by atoms with Crippen molar-refractivity contribution < 1.29 is 14.6 Å². The number of phenolic OH excluding ortho intramolecular Hbond substituents is 1. The highest BCUT2D eigenvalue weighted by molar-refractivity contribution is 6.03. The molecule has 130 valence electrons. The number of piperidine rings is 1. The van der Waals surface area contributed by atoms with Crippen molar-refractivity contribution in [3.63, 3.8) is 0 Å². The van der Waals surface area contributed by atoms with E-state index in [2.05, 4.69) is 22.9 Å². The largest absolute Gasteiger partial charge is 0.508 e. The first-order chi connectivity index (χ1) is 12.2. The Morgan fingerprint density at radius 2 is 2.24 bits per heavy atom. The van der Waals surface area contributed by atoms with Crippen molar-refractivity contribution in [3.05, 3.63) is 41.1 Å². The van der Waals surface area contributed by atoms with Gasteiger partial charge in [0.1, 0.15) is 5.75 Å². The summed E-state index contributed by atoms with van der Waals surface area (Å²) in [4.78, 5) is 18.8. The molecule has 0 amide bonds. The summed E-state index contributed by atoms with van der Waals surface area (Å²) >= 11 is 0. The number of nitrogens with zero attached hydrogens (tertiary/aromatic N) is 1. The lowest BCUT2D eigenvalue weighted by Crippen LogP contribution is -2.58. The van der Waals surface area contributed by atoms with Crippen LogP contribution in [0.3, 0.4) is 0 Å². The number of benzene rings is 1.